The highest BCUT2D eigenvalue weighted by molar-refractivity contribution is 9.10. The maximum atomic E-state index is 12.7. The predicted molar refractivity (Wildman–Crippen MR) is 97.0 cm³/mol. The van der Waals surface area contributed by atoms with Crippen molar-refractivity contribution in [3.05, 3.63) is 61.8 Å². The third-order valence-corrected chi connectivity index (χ3v) is 5.09. The fourth-order valence-electron chi connectivity index (χ4n) is 2.74. The largest absolute Gasteiger partial charge is 0.339 e. The Morgan fingerprint density at radius 1 is 1.27 bits per heavy atom. The van der Waals surface area contributed by atoms with Gasteiger partial charge in [0.15, 0.2) is 0 Å². The molecule has 0 bridgehead atoms. The Bertz CT molecular complexity index is 762. The van der Waals surface area contributed by atoms with Gasteiger partial charge in [-0.3, -0.25) is 9.78 Å². The molecule has 1 aliphatic rings. The van der Waals surface area contributed by atoms with E-state index in [1.54, 1.807) is 35.4 Å². The standard InChI is InChI=1S/C14H11B2BrCl2N2O/c15-14(16)12-8(2-1-3-20-12)13(22)21(14)6-9-10(18)4-7(17)5-11(9)19/h1-5H,6,15-16H2. The van der Waals surface area contributed by atoms with Gasteiger partial charge in [0.25, 0.3) is 5.91 Å². The average molecular weight is 396 g/mol. The number of benzene rings is 1. The second-order valence-corrected chi connectivity index (χ2v) is 7.43. The zero-order valence-electron chi connectivity index (χ0n) is 12.0. The number of carbonyl (C=O) groups is 1. The van der Waals surface area contributed by atoms with Crippen LogP contribution < -0.4 is 0 Å². The van der Waals surface area contributed by atoms with Crippen LogP contribution in [-0.4, -0.2) is 31.5 Å². The van der Waals surface area contributed by atoms with Crippen molar-refractivity contribution in [1.82, 2.24) is 9.88 Å². The van der Waals surface area contributed by atoms with Gasteiger partial charge < -0.3 is 4.90 Å². The molecule has 1 aromatic heterocycles. The zero-order chi connectivity index (χ0) is 16.1. The van der Waals surface area contributed by atoms with Gasteiger partial charge in [-0.15, -0.1) is 0 Å². The van der Waals surface area contributed by atoms with E-state index in [0.717, 1.165) is 15.7 Å². The summed E-state index contributed by atoms with van der Waals surface area (Å²) < 4.78 is 0.809. The van der Waals surface area contributed by atoms with E-state index in [0.29, 0.717) is 22.2 Å². The van der Waals surface area contributed by atoms with E-state index in [1.165, 1.54) is 0 Å². The normalized spacial score (nSPS) is 16.0. The SMILES string of the molecule is BC1(B)c2ncccc2C(=O)N1Cc1c(Cl)cc(Br)cc1Cl. The molecule has 2 aromatic rings. The molecule has 0 spiro atoms. The van der Waals surface area contributed by atoms with Crippen LogP contribution in [0.5, 0.6) is 0 Å². The van der Waals surface area contributed by atoms with Gasteiger partial charge in [0.1, 0.15) is 15.7 Å². The van der Waals surface area contributed by atoms with Crippen molar-refractivity contribution in [3.8, 4) is 0 Å². The van der Waals surface area contributed by atoms with E-state index >= 15 is 0 Å². The summed E-state index contributed by atoms with van der Waals surface area (Å²) in [5.41, 5.74) is 2.15. The molecule has 1 amide bonds. The smallest absolute Gasteiger partial charge is 0.255 e. The first-order chi connectivity index (χ1) is 10.3. The summed E-state index contributed by atoms with van der Waals surface area (Å²) in [5.74, 6) is -0.0526. The summed E-state index contributed by atoms with van der Waals surface area (Å²) in [4.78, 5) is 18.8. The van der Waals surface area contributed by atoms with Crippen LogP contribution in [0.1, 0.15) is 21.6 Å². The predicted octanol–water partition coefficient (Wildman–Crippen LogP) is 2.18. The molecule has 0 unspecified atom stereocenters. The number of rotatable bonds is 2. The summed E-state index contributed by atoms with van der Waals surface area (Å²) >= 11 is 16.0. The summed E-state index contributed by atoms with van der Waals surface area (Å²) in [5, 5.41) is 0.562. The lowest BCUT2D eigenvalue weighted by Crippen LogP contribution is -2.44. The van der Waals surface area contributed by atoms with Crippen LogP contribution in [-0.2, 0) is 11.9 Å². The first kappa shape index (κ1) is 15.9. The molecule has 0 aliphatic carbocycles. The quantitative estimate of drug-likeness (QED) is 0.730. The average Bonchev–Trinajstić information content (AvgIpc) is 2.63. The van der Waals surface area contributed by atoms with Crippen molar-refractivity contribution in [2.24, 2.45) is 0 Å². The minimum absolute atomic E-state index is 0.0526. The Hall–Kier alpha value is -0.970. The molecule has 22 heavy (non-hydrogen) atoms. The number of pyridine rings is 1. The van der Waals surface area contributed by atoms with Gasteiger partial charge in [-0.1, -0.05) is 39.1 Å². The van der Waals surface area contributed by atoms with Gasteiger partial charge in [-0.05, 0) is 24.3 Å². The highest BCUT2D eigenvalue weighted by Crippen LogP contribution is 2.37. The Kier molecular flexibility index (Phi) is 4.04. The summed E-state index contributed by atoms with van der Waals surface area (Å²) in [6.07, 6.45) is 1.71. The maximum Gasteiger partial charge on any atom is 0.255 e. The molecule has 0 radical (unpaired) electrons. The fraction of sp³-hybridized carbons (Fsp3) is 0.143. The van der Waals surface area contributed by atoms with Crippen LogP contribution >= 0.6 is 39.1 Å². The molecule has 0 atom stereocenters. The third-order valence-electron chi connectivity index (χ3n) is 3.96. The second kappa shape index (κ2) is 5.59. The van der Waals surface area contributed by atoms with Crippen molar-refractivity contribution in [2.75, 3.05) is 0 Å². The molecule has 110 valence electrons. The summed E-state index contributed by atoms with van der Waals surface area (Å²) in [6.45, 7) is 0.340. The van der Waals surface area contributed by atoms with Crippen molar-refractivity contribution >= 4 is 60.7 Å². The lowest BCUT2D eigenvalue weighted by molar-refractivity contribution is 0.0731. The number of aromatic nitrogens is 1. The monoisotopic (exact) mass is 394 g/mol. The van der Waals surface area contributed by atoms with Crippen LogP contribution in [0.25, 0.3) is 0 Å². The molecular formula is C14H11B2BrCl2N2O. The Morgan fingerprint density at radius 2 is 1.91 bits per heavy atom. The van der Waals surface area contributed by atoms with Crippen LogP contribution in [0.3, 0.4) is 0 Å². The number of amides is 1. The van der Waals surface area contributed by atoms with E-state index in [1.807, 2.05) is 15.7 Å². The number of fused-ring (bicyclic) bond motifs is 1. The Morgan fingerprint density at radius 3 is 2.50 bits per heavy atom. The van der Waals surface area contributed by atoms with Crippen LogP contribution in [0, 0.1) is 0 Å². The molecule has 2 heterocycles. The second-order valence-electron chi connectivity index (χ2n) is 5.70. The molecule has 0 N–H and O–H groups in total. The van der Waals surface area contributed by atoms with E-state index in [4.69, 9.17) is 23.2 Å². The molecule has 0 saturated carbocycles. The molecule has 1 aliphatic heterocycles. The Labute approximate surface area is 148 Å². The van der Waals surface area contributed by atoms with Crippen LogP contribution in [0.2, 0.25) is 10.0 Å². The van der Waals surface area contributed by atoms with E-state index < -0.39 is 5.34 Å². The van der Waals surface area contributed by atoms with Gasteiger partial charge >= 0.3 is 0 Å². The summed E-state index contributed by atoms with van der Waals surface area (Å²) in [7, 11) is 3.95. The molecule has 3 nitrogen and oxygen atoms in total. The van der Waals surface area contributed by atoms with Gasteiger partial charge in [0.05, 0.1) is 11.3 Å². The van der Waals surface area contributed by atoms with Gasteiger partial charge in [-0.25, -0.2) is 0 Å². The van der Waals surface area contributed by atoms with E-state index in [-0.39, 0.29) is 5.91 Å². The van der Waals surface area contributed by atoms with Crippen molar-refractivity contribution < 1.29 is 4.79 Å². The van der Waals surface area contributed by atoms with Gasteiger partial charge in [0.2, 0.25) is 0 Å². The molecule has 3 rings (SSSR count). The fourth-order valence-corrected chi connectivity index (χ4v) is 4.07. The highest BCUT2D eigenvalue weighted by Gasteiger charge is 2.43. The first-order valence-corrected chi connectivity index (χ1v) is 8.28. The summed E-state index contributed by atoms with van der Waals surface area (Å²) in [6, 6.07) is 7.14. The third kappa shape index (κ3) is 2.47. The van der Waals surface area contributed by atoms with E-state index in [2.05, 4.69) is 20.9 Å². The topological polar surface area (TPSA) is 33.2 Å². The molecular weight excluding hydrogens is 385 g/mol. The minimum Gasteiger partial charge on any atom is -0.339 e. The number of hydrogen-bond donors (Lipinski definition) is 0. The molecule has 8 heteroatoms. The lowest BCUT2D eigenvalue weighted by atomic mass is 9.59. The number of carbonyl (C=O) groups excluding carboxylic acids is 1. The van der Waals surface area contributed by atoms with Crippen molar-refractivity contribution in [3.63, 3.8) is 0 Å². The Balaban J connectivity index is 2.03. The van der Waals surface area contributed by atoms with Crippen LogP contribution in [0.15, 0.2) is 34.9 Å². The van der Waals surface area contributed by atoms with Crippen LogP contribution in [0.4, 0.5) is 0 Å². The van der Waals surface area contributed by atoms with E-state index in [9.17, 15) is 4.79 Å². The van der Waals surface area contributed by atoms with Crippen molar-refractivity contribution in [1.29, 1.82) is 0 Å². The molecule has 0 saturated heterocycles. The zero-order valence-corrected chi connectivity index (χ0v) is 15.1. The molecule has 0 fully saturated rings. The number of nitrogens with zero attached hydrogens (tertiary/aromatic N) is 2. The van der Waals surface area contributed by atoms with Gasteiger partial charge in [0, 0.05) is 38.2 Å². The number of halogens is 3. The highest BCUT2D eigenvalue weighted by atomic mass is 79.9. The number of hydrogen-bond acceptors (Lipinski definition) is 2. The minimum atomic E-state index is -0.507. The molecule has 1 aromatic carbocycles. The maximum absolute atomic E-state index is 12.7. The van der Waals surface area contributed by atoms with Crippen molar-refractivity contribution in [2.45, 2.75) is 11.9 Å². The first-order valence-electron chi connectivity index (χ1n) is 6.73. The van der Waals surface area contributed by atoms with Gasteiger partial charge in [-0.2, -0.15) is 0 Å². The lowest BCUT2D eigenvalue weighted by Gasteiger charge is -2.32.